The predicted octanol–water partition coefficient (Wildman–Crippen LogP) is 2.99. The van der Waals surface area contributed by atoms with E-state index in [1.54, 1.807) is 0 Å². The molecule has 0 aromatic heterocycles. The smallest absolute Gasteiger partial charge is 0.251 e. The zero-order valence-corrected chi connectivity index (χ0v) is 12.1. The summed E-state index contributed by atoms with van der Waals surface area (Å²) in [6.45, 7) is 7.46. The summed E-state index contributed by atoms with van der Waals surface area (Å²) in [4.78, 5) is 1.86. The third kappa shape index (κ3) is 4.47. The van der Waals surface area contributed by atoms with Crippen molar-refractivity contribution in [1.29, 1.82) is 0 Å². The molecule has 0 aromatic carbocycles. The van der Waals surface area contributed by atoms with Crippen molar-refractivity contribution in [2.45, 2.75) is 58.5 Å². The monoisotopic (exact) mass is 262 g/mol. The van der Waals surface area contributed by atoms with Crippen LogP contribution >= 0.6 is 0 Å². The molecule has 0 aliphatic heterocycles. The number of hydrogen-bond acceptors (Lipinski definition) is 2. The van der Waals surface area contributed by atoms with Gasteiger partial charge < -0.3 is 5.32 Å². The van der Waals surface area contributed by atoms with E-state index < -0.39 is 6.43 Å². The van der Waals surface area contributed by atoms with Crippen molar-refractivity contribution in [2.24, 2.45) is 11.8 Å². The lowest BCUT2D eigenvalue weighted by Gasteiger charge is -2.44. The van der Waals surface area contributed by atoms with Crippen LogP contribution < -0.4 is 5.32 Å². The Bertz CT molecular complexity index is 236. The molecule has 18 heavy (non-hydrogen) atoms. The van der Waals surface area contributed by atoms with Crippen LogP contribution in [0.25, 0.3) is 0 Å². The van der Waals surface area contributed by atoms with E-state index >= 15 is 0 Å². The van der Waals surface area contributed by atoms with Crippen LogP contribution in [0.15, 0.2) is 0 Å². The van der Waals surface area contributed by atoms with E-state index in [-0.39, 0.29) is 12.6 Å². The number of alkyl halides is 2. The van der Waals surface area contributed by atoms with Gasteiger partial charge in [-0.05, 0) is 44.7 Å². The normalized spacial score (nSPS) is 33.3. The van der Waals surface area contributed by atoms with Crippen LogP contribution in [0.1, 0.15) is 40.0 Å². The number of nitrogens with zero attached hydrogens (tertiary/aromatic N) is 1. The van der Waals surface area contributed by atoms with Crippen LogP contribution in [0.3, 0.4) is 0 Å². The van der Waals surface area contributed by atoms with Crippen molar-refractivity contribution < 1.29 is 8.78 Å². The van der Waals surface area contributed by atoms with Gasteiger partial charge in [-0.2, -0.15) is 0 Å². The Balaban J connectivity index is 2.67. The summed E-state index contributed by atoms with van der Waals surface area (Å²) in [6, 6.07) is 0.592. The minimum atomic E-state index is -2.24. The Kier molecular flexibility index (Phi) is 6.50. The van der Waals surface area contributed by atoms with Crippen molar-refractivity contribution in [3.63, 3.8) is 0 Å². The van der Waals surface area contributed by atoms with Gasteiger partial charge in [0.25, 0.3) is 6.43 Å². The van der Waals surface area contributed by atoms with Gasteiger partial charge in [-0.1, -0.05) is 20.8 Å². The van der Waals surface area contributed by atoms with E-state index in [0.29, 0.717) is 17.9 Å². The molecule has 0 bridgehead atoms. The van der Waals surface area contributed by atoms with E-state index in [1.165, 1.54) is 0 Å². The summed E-state index contributed by atoms with van der Waals surface area (Å²) in [5.41, 5.74) is 0. The molecular weight excluding hydrogens is 234 g/mol. The molecule has 1 saturated carbocycles. The Morgan fingerprint density at radius 2 is 1.94 bits per heavy atom. The molecule has 4 unspecified atom stereocenters. The largest absolute Gasteiger partial charge is 0.312 e. The third-order valence-corrected chi connectivity index (χ3v) is 4.02. The van der Waals surface area contributed by atoms with Gasteiger partial charge in [0.2, 0.25) is 0 Å². The molecule has 1 aliphatic carbocycles. The quantitative estimate of drug-likeness (QED) is 0.791. The van der Waals surface area contributed by atoms with Crippen molar-refractivity contribution >= 4 is 0 Å². The van der Waals surface area contributed by atoms with Crippen LogP contribution in [0, 0.1) is 11.8 Å². The van der Waals surface area contributed by atoms with Gasteiger partial charge in [0, 0.05) is 12.1 Å². The highest BCUT2D eigenvalue weighted by atomic mass is 19.3. The Hall–Kier alpha value is -0.220. The molecule has 1 fully saturated rings. The van der Waals surface area contributed by atoms with Crippen LogP contribution in [0.4, 0.5) is 8.78 Å². The summed E-state index contributed by atoms with van der Waals surface area (Å²) < 4.78 is 25.1. The maximum atomic E-state index is 12.6. The van der Waals surface area contributed by atoms with Gasteiger partial charge in [0.15, 0.2) is 0 Å². The van der Waals surface area contributed by atoms with Crippen molar-refractivity contribution in [1.82, 2.24) is 10.2 Å². The maximum Gasteiger partial charge on any atom is 0.251 e. The molecule has 1 N–H and O–H groups in total. The first-order valence-electron chi connectivity index (χ1n) is 7.17. The van der Waals surface area contributed by atoms with Crippen LogP contribution in [0.2, 0.25) is 0 Å². The van der Waals surface area contributed by atoms with E-state index in [9.17, 15) is 8.78 Å². The fourth-order valence-electron chi connectivity index (χ4n) is 3.45. The molecule has 1 aliphatic rings. The molecule has 0 saturated heterocycles. The van der Waals surface area contributed by atoms with E-state index in [1.807, 2.05) is 11.9 Å². The fraction of sp³-hybridized carbons (Fsp3) is 1.00. The molecule has 2 nitrogen and oxygen atoms in total. The molecule has 4 atom stereocenters. The highest BCUT2D eigenvalue weighted by molar-refractivity contribution is 4.93. The first-order valence-corrected chi connectivity index (χ1v) is 7.17. The Morgan fingerprint density at radius 3 is 2.50 bits per heavy atom. The number of rotatable bonds is 6. The molecule has 0 aromatic rings. The zero-order valence-electron chi connectivity index (χ0n) is 12.1. The lowest BCUT2D eigenvalue weighted by atomic mass is 9.76. The lowest BCUT2D eigenvalue weighted by Crippen LogP contribution is -2.56. The first kappa shape index (κ1) is 15.8. The second-order valence-corrected chi connectivity index (χ2v) is 5.94. The molecule has 1 rings (SSSR count). The minimum Gasteiger partial charge on any atom is -0.312 e. The molecule has 0 heterocycles. The Morgan fingerprint density at radius 1 is 1.28 bits per heavy atom. The number of nitrogens with one attached hydrogen (secondary N) is 1. The average Bonchev–Trinajstić information content (AvgIpc) is 2.23. The van der Waals surface area contributed by atoms with E-state index in [4.69, 9.17) is 0 Å². The number of halogens is 2. The summed E-state index contributed by atoms with van der Waals surface area (Å²) in [7, 11) is 1.84. The average molecular weight is 262 g/mol. The minimum absolute atomic E-state index is 0.117. The first-order chi connectivity index (χ1) is 8.45. The van der Waals surface area contributed by atoms with Gasteiger partial charge in [0.1, 0.15) is 0 Å². The fourth-order valence-corrected chi connectivity index (χ4v) is 3.45. The van der Waals surface area contributed by atoms with E-state index in [0.717, 1.165) is 25.8 Å². The van der Waals surface area contributed by atoms with Gasteiger partial charge in [-0.25, -0.2) is 8.78 Å². The van der Waals surface area contributed by atoms with Crippen LogP contribution in [-0.2, 0) is 0 Å². The summed E-state index contributed by atoms with van der Waals surface area (Å²) >= 11 is 0. The highest BCUT2D eigenvalue weighted by Gasteiger charge is 2.36. The van der Waals surface area contributed by atoms with E-state index in [2.05, 4.69) is 26.1 Å². The van der Waals surface area contributed by atoms with Crippen molar-refractivity contribution in [3.05, 3.63) is 0 Å². The third-order valence-electron chi connectivity index (χ3n) is 4.02. The van der Waals surface area contributed by atoms with Crippen molar-refractivity contribution in [2.75, 3.05) is 20.1 Å². The molecule has 108 valence electrons. The summed E-state index contributed by atoms with van der Waals surface area (Å²) in [5, 5.41) is 3.55. The van der Waals surface area contributed by atoms with Gasteiger partial charge in [-0.15, -0.1) is 0 Å². The SMILES string of the molecule is CCCNC1CC(C)CC(C)C1N(C)CC(F)F. The van der Waals surface area contributed by atoms with Gasteiger partial charge in [0.05, 0.1) is 6.54 Å². The molecule has 0 spiro atoms. The van der Waals surface area contributed by atoms with Gasteiger partial charge in [-0.3, -0.25) is 4.90 Å². The summed E-state index contributed by atoms with van der Waals surface area (Å²) in [6.07, 6.45) is 1.09. The number of hydrogen-bond donors (Lipinski definition) is 1. The second kappa shape index (κ2) is 7.39. The maximum absolute atomic E-state index is 12.6. The van der Waals surface area contributed by atoms with Crippen LogP contribution in [-0.4, -0.2) is 43.5 Å². The summed E-state index contributed by atoms with van der Waals surface area (Å²) in [5.74, 6) is 1.16. The standard InChI is InChI=1S/C14H28F2N2/c1-5-6-17-12-8-10(2)7-11(3)14(12)18(4)9-13(15)16/h10-14,17H,5-9H2,1-4H3. The number of likely N-dealkylation sites (N-methyl/N-ethyl adjacent to an activating group) is 1. The highest BCUT2D eigenvalue weighted by Crippen LogP contribution is 2.32. The lowest BCUT2D eigenvalue weighted by molar-refractivity contribution is 0.0295. The predicted molar refractivity (Wildman–Crippen MR) is 72.1 cm³/mol. The molecule has 0 amide bonds. The van der Waals surface area contributed by atoms with Crippen molar-refractivity contribution in [3.8, 4) is 0 Å². The second-order valence-electron chi connectivity index (χ2n) is 5.94. The Labute approximate surface area is 110 Å². The topological polar surface area (TPSA) is 15.3 Å². The van der Waals surface area contributed by atoms with Crippen LogP contribution in [0.5, 0.6) is 0 Å². The molecular formula is C14H28F2N2. The zero-order chi connectivity index (χ0) is 13.7. The molecule has 4 heteroatoms. The molecule has 0 radical (unpaired) electrons. The van der Waals surface area contributed by atoms with Gasteiger partial charge >= 0.3 is 0 Å².